The van der Waals surface area contributed by atoms with Gasteiger partial charge in [-0.2, -0.15) is 0 Å². The highest BCUT2D eigenvalue weighted by atomic mass is 35.5. The van der Waals surface area contributed by atoms with Crippen LogP contribution in [0.5, 0.6) is 11.5 Å². The van der Waals surface area contributed by atoms with E-state index in [1.54, 1.807) is 24.3 Å². The number of anilines is 1. The number of nitrogens with one attached hydrogen (secondary N) is 2. The van der Waals surface area contributed by atoms with Crippen molar-refractivity contribution in [3.8, 4) is 11.5 Å². The first-order valence-electron chi connectivity index (χ1n) is 10.3. The maximum absolute atomic E-state index is 15.5. The van der Waals surface area contributed by atoms with Gasteiger partial charge >= 0.3 is 0 Å². The van der Waals surface area contributed by atoms with Crippen molar-refractivity contribution in [3.05, 3.63) is 52.8 Å². The van der Waals surface area contributed by atoms with Crippen LogP contribution in [0.4, 0.5) is 10.1 Å². The number of benzene rings is 2. The Morgan fingerprint density at radius 2 is 1.97 bits per heavy atom. The molecule has 0 heterocycles. The topological polar surface area (TPSA) is 97.0 Å². The molecule has 0 aromatic heterocycles. The molecule has 0 radical (unpaired) electrons. The first kappa shape index (κ1) is 26.8. The van der Waals surface area contributed by atoms with E-state index < -0.39 is 21.9 Å². The minimum absolute atomic E-state index is 0.0672. The SMILES string of the molecule is CC[C@@H](N[C@H](C)CC(=O)N(C)OC)c1ccc(Cl)c(Oc2cccc(NS(C)(=O)=O)c2)c1F. The summed E-state index contributed by atoms with van der Waals surface area (Å²) in [6.07, 6.45) is 1.74. The Bertz CT molecular complexity index is 1080. The molecule has 1 amide bonds. The Balaban J connectivity index is 2.26. The molecule has 11 heteroatoms. The molecule has 0 aliphatic carbocycles. The van der Waals surface area contributed by atoms with Crippen LogP contribution in [0.25, 0.3) is 0 Å². The van der Waals surface area contributed by atoms with Crippen molar-refractivity contribution >= 4 is 33.2 Å². The van der Waals surface area contributed by atoms with E-state index in [0.717, 1.165) is 11.3 Å². The molecule has 2 aromatic rings. The van der Waals surface area contributed by atoms with Gasteiger partial charge in [0, 0.05) is 37.2 Å². The number of hydrogen-bond donors (Lipinski definition) is 2. The standard InChI is InChI=1S/C22H29ClFN3O5S/c1-6-19(25-14(2)12-20(28)27(3)31-4)17-10-11-18(23)22(21(17)24)32-16-9-7-8-15(13-16)26-33(5,29)30/h7-11,13-14,19,25-26H,6,12H2,1-5H3/t14-,19-/m1/s1. The highest BCUT2D eigenvalue weighted by molar-refractivity contribution is 7.92. The van der Waals surface area contributed by atoms with Gasteiger partial charge in [0.15, 0.2) is 11.6 Å². The lowest BCUT2D eigenvalue weighted by Crippen LogP contribution is -2.36. The minimum atomic E-state index is -3.48. The highest BCUT2D eigenvalue weighted by Gasteiger charge is 2.23. The molecule has 8 nitrogen and oxygen atoms in total. The summed E-state index contributed by atoms with van der Waals surface area (Å²) >= 11 is 6.21. The Labute approximate surface area is 199 Å². The zero-order valence-electron chi connectivity index (χ0n) is 19.2. The van der Waals surface area contributed by atoms with Crippen molar-refractivity contribution in [3.63, 3.8) is 0 Å². The molecule has 0 aliphatic heterocycles. The first-order valence-corrected chi connectivity index (χ1v) is 12.5. The van der Waals surface area contributed by atoms with Gasteiger partial charge in [-0.05, 0) is 31.5 Å². The van der Waals surface area contributed by atoms with E-state index >= 15 is 4.39 Å². The number of sulfonamides is 1. The number of ether oxygens (including phenoxy) is 1. The lowest BCUT2D eigenvalue weighted by atomic mass is 10.0. The zero-order valence-corrected chi connectivity index (χ0v) is 20.8. The Hall–Kier alpha value is -2.40. The maximum Gasteiger partial charge on any atom is 0.247 e. The average molecular weight is 502 g/mol. The molecule has 2 aromatic carbocycles. The predicted molar refractivity (Wildman–Crippen MR) is 126 cm³/mol. The van der Waals surface area contributed by atoms with Gasteiger partial charge in [-0.3, -0.25) is 14.4 Å². The van der Waals surface area contributed by atoms with Crippen molar-refractivity contribution in [2.24, 2.45) is 0 Å². The van der Waals surface area contributed by atoms with Crippen LogP contribution in [0.1, 0.15) is 38.3 Å². The third-order valence-corrected chi connectivity index (χ3v) is 5.72. The fourth-order valence-electron chi connectivity index (χ4n) is 3.19. The van der Waals surface area contributed by atoms with Crippen LogP contribution in [0, 0.1) is 5.82 Å². The number of hydroxylamine groups is 2. The molecule has 0 unspecified atom stereocenters. The maximum atomic E-state index is 15.5. The summed E-state index contributed by atoms with van der Waals surface area (Å²) in [6.45, 7) is 3.72. The second-order valence-electron chi connectivity index (χ2n) is 7.59. The summed E-state index contributed by atoms with van der Waals surface area (Å²) in [4.78, 5) is 17.0. The van der Waals surface area contributed by atoms with Crippen LogP contribution >= 0.6 is 11.6 Å². The summed E-state index contributed by atoms with van der Waals surface area (Å²) < 4.78 is 46.4. The number of rotatable bonds is 11. The van der Waals surface area contributed by atoms with E-state index in [1.165, 1.54) is 26.3 Å². The molecule has 0 spiro atoms. The predicted octanol–water partition coefficient (Wildman–Crippen LogP) is 4.48. The van der Waals surface area contributed by atoms with Gasteiger partial charge in [0.1, 0.15) is 5.75 Å². The van der Waals surface area contributed by atoms with E-state index in [9.17, 15) is 13.2 Å². The van der Waals surface area contributed by atoms with Gasteiger partial charge in [-0.15, -0.1) is 0 Å². The second kappa shape index (κ2) is 11.6. The fraction of sp³-hybridized carbons (Fsp3) is 0.409. The molecule has 2 rings (SSSR count). The van der Waals surface area contributed by atoms with E-state index in [1.807, 2.05) is 13.8 Å². The smallest absolute Gasteiger partial charge is 0.247 e. The molecule has 0 fully saturated rings. The quantitative estimate of drug-likeness (QED) is 0.440. The molecule has 33 heavy (non-hydrogen) atoms. The largest absolute Gasteiger partial charge is 0.453 e. The molecule has 0 saturated carbocycles. The van der Waals surface area contributed by atoms with Gasteiger partial charge in [0.2, 0.25) is 15.9 Å². The minimum Gasteiger partial charge on any atom is -0.453 e. The normalized spacial score (nSPS) is 13.3. The number of carbonyl (C=O) groups is 1. The van der Waals surface area contributed by atoms with Crippen LogP contribution in [-0.4, -0.2) is 45.8 Å². The molecular weight excluding hydrogens is 473 g/mol. The van der Waals surface area contributed by atoms with Gasteiger partial charge in [-0.1, -0.05) is 30.7 Å². The Morgan fingerprint density at radius 1 is 1.27 bits per heavy atom. The number of nitrogens with zero attached hydrogens (tertiary/aromatic N) is 1. The highest BCUT2D eigenvalue weighted by Crippen LogP contribution is 2.37. The van der Waals surface area contributed by atoms with Crippen LogP contribution in [-0.2, 0) is 19.7 Å². The van der Waals surface area contributed by atoms with Crippen molar-refractivity contribution in [2.45, 2.75) is 38.8 Å². The lowest BCUT2D eigenvalue weighted by molar-refractivity contribution is -0.169. The second-order valence-corrected chi connectivity index (χ2v) is 9.75. The molecule has 2 N–H and O–H groups in total. The van der Waals surface area contributed by atoms with Gasteiger partial charge in [-0.25, -0.2) is 17.9 Å². The van der Waals surface area contributed by atoms with Crippen molar-refractivity contribution < 1.29 is 27.2 Å². The van der Waals surface area contributed by atoms with Gasteiger partial charge in [0.25, 0.3) is 0 Å². The molecule has 0 bridgehead atoms. The average Bonchev–Trinajstić information content (AvgIpc) is 2.73. The van der Waals surface area contributed by atoms with E-state index in [4.69, 9.17) is 21.2 Å². The third-order valence-electron chi connectivity index (χ3n) is 4.81. The third kappa shape index (κ3) is 7.85. The Morgan fingerprint density at radius 3 is 2.58 bits per heavy atom. The van der Waals surface area contributed by atoms with E-state index in [2.05, 4.69) is 10.0 Å². The van der Waals surface area contributed by atoms with E-state index in [0.29, 0.717) is 12.0 Å². The first-order chi connectivity index (χ1) is 15.4. The van der Waals surface area contributed by atoms with Crippen LogP contribution in [0.15, 0.2) is 36.4 Å². The van der Waals surface area contributed by atoms with E-state index in [-0.39, 0.29) is 40.6 Å². The van der Waals surface area contributed by atoms with Crippen molar-refractivity contribution in [1.29, 1.82) is 0 Å². The fourth-order valence-corrected chi connectivity index (χ4v) is 3.93. The summed E-state index contributed by atoms with van der Waals surface area (Å²) in [6, 6.07) is 8.56. The molecule has 0 aliphatic rings. The van der Waals surface area contributed by atoms with Crippen LogP contribution in [0.2, 0.25) is 5.02 Å². The number of halogens is 2. The van der Waals surface area contributed by atoms with Crippen LogP contribution < -0.4 is 14.8 Å². The number of hydrogen-bond acceptors (Lipinski definition) is 6. The van der Waals surface area contributed by atoms with Gasteiger partial charge < -0.3 is 10.1 Å². The van der Waals surface area contributed by atoms with Crippen LogP contribution in [0.3, 0.4) is 0 Å². The van der Waals surface area contributed by atoms with Gasteiger partial charge in [0.05, 0.1) is 24.1 Å². The molecule has 2 atom stereocenters. The van der Waals surface area contributed by atoms with Crippen molar-refractivity contribution in [2.75, 3.05) is 25.1 Å². The summed E-state index contributed by atoms with van der Waals surface area (Å²) in [7, 11) is -0.553. The summed E-state index contributed by atoms with van der Waals surface area (Å²) in [5, 5.41) is 4.47. The lowest BCUT2D eigenvalue weighted by Gasteiger charge is -2.25. The van der Waals surface area contributed by atoms with Crippen molar-refractivity contribution in [1.82, 2.24) is 10.4 Å². The molecule has 182 valence electrons. The molecule has 0 saturated heterocycles. The summed E-state index contributed by atoms with van der Waals surface area (Å²) in [5.41, 5.74) is 0.608. The summed E-state index contributed by atoms with van der Waals surface area (Å²) in [5.74, 6) is -0.815. The zero-order chi connectivity index (χ0) is 24.8. The monoisotopic (exact) mass is 501 g/mol. The molecular formula is C22H29ClFN3O5S. The number of amides is 1. The number of carbonyl (C=O) groups excluding carboxylic acids is 1. The Kier molecular flexibility index (Phi) is 9.47.